The van der Waals surface area contributed by atoms with E-state index < -0.39 is 0 Å². The van der Waals surface area contributed by atoms with E-state index in [1.807, 2.05) is 0 Å². The van der Waals surface area contributed by atoms with Gasteiger partial charge in [-0.25, -0.2) is 0 Å². The average molecular weight is 360 g/mol. The number of ether oxygens (including phenoxy) is 1. The summed E-state index contributed by atoms with van der Waals surface area (Å²) >= 11 is 0. The first kappa shape index (κ1) is 19.6. The van der Waals surface area contributed by atoms with Crippen molar-refractivity contribution in [1.29, 1.82) is 0 Å². The normalized spacial score (nSPS) is 13.8. The molecule has 0 radical (unpaired) electrons. The van der Waals surface area contributed by atoms with Crippen LogP contribution in [0.4, 0.5) is 5.69 Å². The SMILES string of the molecule is COc1ccc(C(C)=O)cc1NC(=O)CCCCCN1C(=O)CCC1=O. The molecule has 2 rings (SSSR count). The van der Waals surface area contributed by atoms with Crippen LogP contribution in [-0.2, 0) is 14.4 Å². The van der Waals surface area contributed by atoms with Gasteiger partial charge in [-0.2, -0.15) is 0 Å². The number of nitrogens with one attached hydrogen (secondary N) is 1. The number of likely N-dealkylation sites (tertiary alicyclic amines) is 1. The van der Waals surface area contributed by atoms with Crippen molar-refractivity contribution in [2.24, 2.45) is 0 Å². The number of ketones is 1. The van der Waals surface area contributed by atoms with Gasteiger partial charge in [0.05, 0.1) is 12.8 Å². The number of methoxy groups -OCH3 is 1. The Bertz CT molecular complexity index is 698. The Kier molecular flexibility index (Phi) is 6.89. The van der Waals surface area contributed by atoms with Crippen LogP contribution in [0.25, 0.3) is 0 Å². The first-order valence-corrected chi connectivity index (χ1v) is 8.74. The topological polar surface area (TPSA) is 92.8 Å². The van der Waals surface area contributed by atoms with Crippen LogP contribution in [0.2, 0.25) is 0 Å². The quantitative estimate of drug-likeness (QED) is 0.415. The van der Waals surface area contributed by atoms with E-state index in [2.05, 4.69) is 5.32 Å². The first-order valence-electron chi connectivity index (χ1n) is 8.74. The third kappa shape index (κ3) is 5.15. The van der Waals surface area contributed by atoms with E-state index >= 15 is 0 Å². The molecule has 0 spiro atoms. The zero-order chi connectivity index (χ0) is 19.1. The highest BCUT2D eigenvalue weighted by molar-refractivity contribution is 6.02. The number of hydrogen-bond donors (Lipinski definition) is 1. The number of imide groups is 1. The smallest absolute Gasteiger partial charge is 0.229 e. The molecule has 1 aliphatic heterocycles. The van der Waals surface area contributed by atoms with Crippen molar-refractivity contribution >= 4 is 29.2 Å². The number of hydrogen-bond acceptors (Lipinski definition) is 5. The molecule has 1 heterocycles. The zero-order valence-electron chi connectivity index (χ0n) is 15.2. The van der Waals surface area contributed by atoms with Crippen LogP contribution in [0.1, 0.15) is 55.8 Å². The molecule has 0 saturated carbocycles. The van der Waals surface area contributed by atoms with Crippen LogP contribution >= 0.6 is 0 Å². The predicted octanol–water partition coefficient (Wildman–Crippen LogP) is 2.55. The molecule has 3 amide bonds. The van der Waals surface area contributed by atoms with E-state index in [-0.39, 0.29) is 23.5 Å². The standard InChI is InChI=1S/C19H24N2O5/c1-13(22)14-7-8-16(26-2)15(12-14)20-17(23)6-4-3-5-11-21-18(24)9-10-19(21)25/h7-8,12H,3-6,9-11H2,1-2H3,(H,20,23). The molecule has 26 heavy (non-hydrogen) atoms. The Morgan fingerprint density at radius 2 is 1.81 bits per heavy atom. The largest absolute Gasteiger partial charge is 0.495 e. The van der Waals surface area contributed by atoms with Gasteiger partial charge in [-0.05, 0) is 38.0 Å². The minimum atomic E-state index is -0.169. The van der Waals surface area contributed by atoms with E-state index in [0.29, 0.717) is 55.6 Å². The van der Waals surface area contributed by atoms with E-state index in [9.17, 15) is 19.2 Å². The Balaban J connectivity index is 1.76. The maximum atomic E-state index is 12.1. The van der Waals surface area contributed by atoms with Crippen LogP contribution in [0.15, 0.2) is 18.2 Å². The van der Waals surface area contributed by atoms with Crippen LogP contribution in [0.5, 0.6) is 5.75 Å². The van der Waals surface area contributed by atoms with Gasteiger partial charge in [0.15, 0.2) is 5.78 Å². The molecule has 1 fully saturated rings. The van der Waals surface area contributed by atoms with Gasteiger partial charge in [-0.3, -0.25) is 24.1 Å². The van der Waals surface area contributed by atoms with Gasteiger partial charge in [0, 0.05) is 31.4 Å². The molecule has 0 aliphatic carbocycles. The summed E-state index contributed by atoms with van der Waals surface area (Å²) in [5.41, 5.74) is 0.972. The minimum absolute atomic E-state index is 0.0887. The maximum Gasteiger partial charge on any atom is 0.229 e. The second kappa shape index (κ2) is 9.12. The van der Waals surface area contributed by atoms with E-state index in [4.69, 9.17) is 4.74 Å². The number of amides is 3. The van der Waals surface area contributed by atoms with Gasteiger partial charge < -0.3 is 10.1 Å². The van der Waals surface area contributed by atoms with Gasteiger partial charge in [0.1, 0.15) is 5.75 Å². The minimum Gasteiger partial charge on any atom is -0.495 e. The fraction of sp³-hybridized carbons (Fsp3) is 0.474. The summed E-state index contributed by atoms with van der Waals surface area (Å²) in [6.45, 7) is 1.89. The van der Waals surface area contributed by atoms with Crippen molar-refractivity contribution in [3.8, 4) is 5.75 Å². The molecule has 0 atom stereocenters. The molecule has 7 nitrogen and oxygen atoms in total. The highest BCUT2D eigenvalue weighted by atomic mass is 16.5. The van der Waals surface area contributed by atoms with Gasteiger partial charge in [0.2, 0.25) is 17.7 Å². The molecule has 1 saturated heterocycles. The first-order chi connectivity index (χ1) is 12.4. The van der Waals surface area contributed by atoms with E-state index in [1.165, 1.54) is 18.9 Å². The second-order valence-corrected chi connectivity index (χ2v) is 6.27. The van der Waals surface area contributed by atoms with Crippen LogP contribution in [0, 0.1) is 0 Å². The summed E-state index contributed by atoms with van der Waals surface area (Å²) < 4.78 is 5.21. The number of carbonyl (C=O) groups excluding carboxylic acids is 4. The lowest BCUT2D eigenvalue weighted by Gasteiger charge is -2.13. The van der Waals surface area contributed by atoms with Gasteiger partial charge in [0.25, 0.3) is 0 Å². The number of rotatable bonds is 9. The number of anilines is 1. The molecule has 1 N–H and O–H groups in total. The van der Waals surface area contributed by atoms with Crippen molar-refractivity contribution < 1.29 is 23.9 Å². The second-order valence-electron chi connectivity index (χ2n) is 6.27. The summed E-state index contributed by atoms with van der Waals surface area (Å²) in [4.78, 5) is 47.9. The summed E-state index contributed by atoms with van der Waals surface area (Å²) in [5.74, 6) is 0.0243. The number of nitrogens with zero attached hydrogens (tertiary/aromatic N) is 1. The Morgan fingerprint density at radius 1 is 1.12 bits per heavy atom. The van der Waals surface area contributed by atoms with Crippen LogP contribution < -0.4 is 10.1 Å². The fourth-order valence-corrected chi connectivity index (χ4v) is 2.84. The number of Topliss-reactive ketones (excluding diaryl/α,β-unsaturated/α-hetero) is 1. The van der Waals surface area contributed by atoms with Gasteiger partial charge >= 0.3 is 0 Å². The Hall–Kier alpha value is -2.70. The molecule has 0 unspecified atom stereocenters. The number of unbranched alkanes of at least 4 members (excludes halogenated alkanes) is 2. The molecular formula is C19H24N2O5. The molecule has 7 heteroatoms. The lowest BCUT2D eigenvalue weighted by Crippen LogP contribution is -2.29. The Labute approximate surface area is 152 Å². The number of carbonyl (C=O) groups is 4. The molecule has 1 aliphatic rings. The van der Waals surface area contributed by atoms with Crippen molar-refractivity contribution in [3.63, 3.8) is 0 Å². The molecule has 0 aromatic heterocycles. The molecule has 1 aromatic carbocycles. The predicted molar refractivity (Wildman–Crippen MR) is 96.1 cm³/mol. The lowest BCUT2D eigenvalue weighted by atomic mass is 10.1. The lowest BCUT2D eigenvalue weighted by molar-refractivity contribution is -0.138. The third-order valence-electron chi connectivity index (χ3n) is 4.32. The van der Waals surface area contributed by atoms with Crippen molar-refractivity contribution in [2.75, 3.05) is 19.0 Å². The van der Waals surface area contributed by atoms with Crippen molar-refractivity contribution in [1.82, 2.24) is 4.90 Å². The van der Waals surface area contributed by atoms with Crippen molar-refractivity contribution in [3.05, 3.63) is 23.8 Å². The monoisotopic (exact) mass is 360 g/mol. The molecule has 0 bridgehead atoms. The van der Waals surface area contributed by atoms with E-state index in [1.54, 1.807) is 18.2 Å². The highest BCUT2D eigenvalue weighted by Crippen LogP contribution is 2.26. The zero-order valence-corrected chi connectivity index (χ0v) is 15.2. The summed E-state index contributed by atoms with van der Waals surface area (Å²) in [6, 6.07) is 4.90. The van der Waals surface area contributed by atoms with Gasteiger partial charge in [-0.1, -0.05) is 6.42 Å². The van der Waals surface area contributed by atoms with Crippen LogP contribution in [-0.4, -0.2) is 42.1 Å². The highest BCUT2D eigenvalue weighted by Gasteiger charge is 2.27. The third-order valence-corrected chi connectivity index (χ3v) is 4.32. The fourth-order valence-electron chi connectivity index (χ4n) is 2.84. The maximum absolute atomic E-state index is 12.1. The van der Waals surface area contributed by atoms with Crippen LogP contribution in [0.3, 0.4) is 0 Å². The number of benzene rings is 1. The summed E-state index contributed by atoms with van der Waals surface area (Å²) in [5, 5.41) is 2.77. The summed E-state index contributed by atoms with van der Waals surface area (Å²) in [7, 11) is 1.50. The summed E-state index contributed by atoms with van der Waals surface area (Å²) in [6.07, 6.45) is 3.01. The molecule has 1 aromatic rings. The average Bonchev–Trinajstić information content (AvgIpc) is 2.93. The Morgan fingerprint density at radius 3 is 2.42 bits per heavy atom. The van der Waals surface area contributed by atoms with E-state index in [0.717, 1.165) is 6.42 Å². The molecule has 140 valence electrons. The molecular weight excluding hydrogens is 336 g/mol. The van der Waals surface area contributed by atoms with Crippen molar-refractivity contribution in [2.45, 2.75) is 45.4 Å². The van der Waals surface area contributed by atoms with Gasteiger partial charge in [-0.15, -0.1) is 0 Å².